The van der Waals surface area contributed by atoms with E-state index in [0.717, 1.165) is 93.5 Å². The number of aromatic amines is 1. The fourth-order valence-electron chi connectivity index (χ4n) is 11.3. The Morgan fingerprint density at radius 2 is 1.23 bits per heavy atom. The third-order valence-electron chi connectivity index (χ3n) is 15.8. The fourth-order valence-corrected chi connectivity index (χ4v) is 11.9. The molecule has 6 saturated carbocycles. The number of H-pyrrole nitrogens is 1. The molecule has 362 valence electrons. The van der Waals surface area contributed by atoms with Gasteiger partial charge >= 0.3 is 0 Å². The molecule has 14 rings (SSSR count). The summed E-state index contributed by atoms with van der Waals surface area (Å²) in [7, 11) is -3.22. The summed E-state index contributed by atoms with van der Waals surface area (Å²) in [5.41, 5.74) is 10.8. The van der Waals surface area contributed by atoms with Crippen molar-refractivity contribution in [1.82, 2.24) is 69.1 Å². The van der Waals surface area contributed by atoms with Gasteiger partial charge in [-0.25, -0.2) is 33.6 Å². The Balaban J connectivity index is 0.000000111. The van der Waals surface area contributed by atoms with Crippen molar-refractivity contribution in [2.24, 2.45) is 16.2 Å². The summed E-state index contributed by atoms with van der Waals surface area (Å²) in [5.74, 6) is 1.07. The third-order valence-corrected chi connectivity index (χ3v) is 16.4. The maximum atomic E-state index is 10.7. The van der Waals surface area contributed by atoms with Crippen LogP contribution in [0.3, 0.4) is 0 Å². The number of pyridine rings is 2. The van der Waals surface area contributed by atoms with Crippen LogP contribution in [-0.4, -0.2) is 101 Å². The van der Waals surface area contributed by atoms with E-state index >= 15 is 0 Å². The molecule has 4 N–H and O–H groups in total. The summed E-state index contributed by atoms with van der Waals surface area (Å²) in [6, 6.07) is 4.41. The first kappa shape index (κ1) is 45.3. The molecule has 8 heterocycles. The number of hydrogen-bond donors (Lipinski definition) is 4. The molecule has 6 fully saturated rings. The predicted octanol–water partition coefficient (Wildman–Crippen LogP) is 8.10. The molecular formula is C48H60N16O4S. The second kappa shape index (κ2) is 17.3. The molecule has 0 bridgehead atoms. The van der Waals surface area contributed by atoms with Crippen LogP contribution < -0.4 is 10.6 Å². The largest absolute Gasteiger partial charge is 0.393 e. The van der Waals surface area contributed by atoms with E-state index in [4.69, 9.17) is 19.4 Å². The number of aliphatic hydroxyl groups is 1. The van der Waals surface area contributed by atoms with Crippen molar-refractivity contribution in [3.8, 4) is 0 Å². The van der Waals surface area contributed by atoms with Gasteiger partial charge in [0.25, 0.3) is 10.1 Å². The molecule has 8 aromatic heterocycles. The molecule has 21 heteroatoms. The smallest absolute Gasteiger partial charge is 0.264 e. The predicted molar refractivity (Wildman–Crippen MR) is 260 cm³/mol. The minimum absolute atomic E-state index is 0.0136. The van der Waals surface area contributed by atoms with Crippen LogP contribution in [0.2, 0.25) is 0 Å². The number of hydrogen-bond acceptors (Lipinski definition) is 16. The van der Waals surface area contributed by atoms with E-state index in [1.807, 2.05) is 58.4 Å². The van der Waals surface area contributed by atoms with Crippen LogP contribution in [0.15, 0.2) is 49.6 Å². The first-order valence-corrected chi connectivity index (χ1v) is 26.0. The summed E-state index contributed by atoms with van der Waals surface area (Å²) in [6.07, 6.45) is 30.5. The van der Waals surface area contributed by atoms with Gasteiger partial charge in [-0.3, -0.25) is 9.28 Å². The number of fused-ring (bicyclic) bond motifs is 4. The minimum atomic E-state index is -3.22. The molecule has 6 aliphatic rings. The maximum Gasteiger partial charge on any atom is 0.264 e. The number of aromatic nitrogens is 14. The molecule has 0 unspecified atom stereocenters. The Kier molecular flexibility index (Phi) is 11.4. The van der Waals surface area contributed by atoms with Crippen LogP contribution >= 0.6 is 0 Å². The van der Waals surface area contributed by atoms with Gasteiger partial charge in [-0.1, -0.05) is 19.3 Å². The van der Waals surface area contributed by atoms with Crippen LogP contribution in [0.4, 0.5) is 23.3 Å². The molecule has 69 heavy (non-hydrogen) atoms. The number of aliphatic hydroxyl groups excluding tert-OH is 1. The Morgan fingerprint density at radius 3 is 1.74 bits per heavy atom. The molecule has 0 amide bonds. The van der Waals surface area contributed by atoms with Crippen LogP contribution in [-0.2, 0) is 14.3 Å². The summed E-state index contributed by atoms with van der Waals surface area (Å²) in [4.78, 5) is 26.4. The van der Waals surface area contributed by atoms with Crippen molar-refractivity contribution in [3.05, 3.63) is 72.1 Å². The molecular weight excluding hydrogens is 897 g/mol. The zero-order valence-electron chi connectivity index (χ0n) is 39.9. The van der Waals surface area contributed by atoms with E-state index in [-0.39, 0.29) is 12.2 Å². The van der Waals surface area contributed by atoms with E-state index in [1.54, 1.807) is 21.6 Å². The second-order valence-corrected chi connectivity index (χ2v) is 22.5. The molecule has 0 aliphatic heterocycles. The molecule has 0 atom stereocenters. The van der Waals surface area contributed by atoms with E-state index in [1.165, 1.54) is 77.0 Å². The topological polar surface area (TPSA) is 246 Å². The van der Waals surface area contributed by atoms with E-state index in [9.17, 15) is 8.42 Å². The Labute approximate surface area is 399 Å². The van der Waals surface area contributed by atoms with Crippen molar-refractivity contribution >= 4 is 66.8 Å². The Hall–Kier alpha value is -6.19. The van der Waals surface area contributed by atoms with Gasteiger partial charge in [0.2, 0.25) is 11.9 Å². The van der Waals surface area contributed by atoms with E-state index < -0.39 is 10.1 Å². The average molecular weight is 957 g/mol. The average Bonchev–Trinajstić information content (AvgIpc) is 4.03. The van der Waals surface area contributed by atoms with Gasteiger partial charge in [0.1, 0.15) is 12.7 Å². The number of aryl methyl sites for hydroxylation is 4. The SMILES string of the molecule is CS(=O)(=O)OC1CC2(CCC2)C1.Cc1cc2ncnn2cc1Nc1ncc2c(C)[nH]nc2n1.Cc1cc2ncnn2cc1Nc1ncc2c(C)nn(C3CC4(CCC4)C3)c2n1.OC1CC2(CCC2)C1. The van der Waals surface area contributed by atoms with Crippen LogP contribution in [0.25, 0.3) is 33.4 Å². The van der Waals surface area contributed by atoms with Crippen LogP contribution in [0.5, 0.6) is 0 Å². The maximum absolute atomic E-state index is 10.7. The third kappa shape index (κ3) is 9.11. The van der Waals surface area contributed by atoms with E-state index in [0.29, 0.717) is 39.8 Å². The summed E-state index contributed by atoms with van der Waals surface area (Å²) in [6.45, 7) is 8.01. The van der Waals surface area contributed by atoms with Gasteiger partial charge in [-0.15, -0.1) is 0 Å². The van der Waals surface area contributed by atoms with Crippen molar-refractivity contribution < 1.29 is 17.7 Å². The van der Waals surface area contributed by atoms with Gasteiger partial charge in [-0.05, 0) is 144 Å². The lowest BCUT2D eigenvalue weighted by Crippen LogP contribution is -2.47. The molecule has 20 nitrogen and oxygen atoms in total. The van der Waals surface area contributed by atoms with Gasteiger partial charge < -0.3 is 15.7 Å². The lowest BCUT2D eigenvalue weighted by atomic mass is 9.54. The number of rotatable bonds is 7. The highest BCUT2D eigenvalue weighted by molar-refractivity contribution is 7.86. The van der Waals surface area contributed by atoms with Gasteiger partial charge in [0.05, 0.1) is 64.7 Å². The molecule has 0 radical (unpaired) electrons. The van der Waals surface area contributed by atoms with Crippen molar-refractivity contribution in [1.29, 1.82) is 0 Å². The molecule has 0 aromatic carbocycles. The lowest BCUT2D eigenvalue weighted by molar-refractivity contribution is -0.0811. The molecule has 8 aromatic rings. The fraction of sp³-hybridized carbons (Fsp3) is 0.542. The second-order valence-electron chi connectivity index (χ2n) is 20.9. The quantitative estimate of drug-likeness (QED) is 0.110. The Morgan fingerprint density at radius 1 is 0.710 bits per heavy atom. The summed E-state index contributed by atoms with van der Waals surface area (Å²) < 4.78 is 31.9. The number of anilines is 4. The zero-order valence-corrected chi connectivity index (χ0v) is 40.7. The molecule has 0 saturated heterocycles. The van der Waals surface area contributed by atoms with Crippen molar-refractivity contribution in [3.63, 3.8) is 0 Å². The summed E-state index contributed by atoms with van der Waals surface area (Å²) >= 11 is 0. The molecule has 6 aliphatic carbocycles. The first-order chi connectivity index (χ1) is 33.1. The van der Waals surface area contributed by atoms with Gasteiger partial charge in [0.15, 0.2) is 22.6 Å². The first-order valence-electron chi connectivity index (χ1n) is 24.2. The number of nitrogens with one attached hydrogen (secondary N) is 3. The standard InChI is InChI=1S/C20H22N8.C13H12N8.C8H14O3S.C7H12O/c1-12-6-17-22-11-23-27(17)10-16(12)24-19-21-9-15-13(2)26-28(18(15)25-19)14-7-20(8-14)4-3-5-20;1-7-3-11-15-6-16-21(11)5-10(7)17-13-14-4-9-8(2)19-20-12(9)18-13;1-12(9,10)11-7-5-8(6-7)3-2-4-8;8-6-4-7(5-6)2-1-3-7/h6,9-11,14H,3-5,7-8H2,1-2H3,(H,21,24,25);3-6H,1-2H3,(H2,14,17,18,19,20);7H,2-6H2,1H3;6,8H,1-5H2. The minimum Gasteiger partial charge on any atom is -0.393 e. The highest BCUT2D eigenvalue weighted by Gasteiger charge is 2.51. The highest BCUT2D eigenvalue weighted by atomic mass is 32.2. The normalized spacial score (nSPS) is 21.4. The van der Waals surface area contributed by atoms with Crippen molar-refractivity contribution in [2.45, 2.75) is 142 Å². The van der Waals surface area contributed by atoms with Crippen LogP contribution in [0, 0.1) is 43.9 Å². The van der Waals surface area contributed by atoms with Crippen LogP contribution in [0.1, 0.15) is 125 Å². The van der Waals surface area contributed by atoms with Gasteiger partial charge in [-0.2, -0.15) is 38.8 Å². The van der Waals surface area contributed by atoms with Crippen molar-refractivity contribution in [2.75, 3.05) is 16.9 Å². The Bertz CT molecular complexity index is 3290. The highest BCUT2D eigenvalue weighted by Crippen LogP contribution is 2.61. The summed E-state index contributed by atoms with van der Waals surface area (Å²) in [5, 5.41) is 37.6. The van der Waals surface area contributed by atoms with Gasteiger partial charge in [0, 0.05) is 18.1 Å². The van der Waals surface area contributed by atoms with E-state index in [2.05, 4.69) is 60.6 Å². The monoisotopic (exact) mass is 956 g/mol. The zero-order chi connectivity index (χ0) is 47.7. The lowest BCUT2D eigenvalue weighted by Gasteiger charge is -2.54. The number of nitrogens with zero attached hydrogens (tertiary/aromatic N) is 13. The molecule has 3 spiro atoms.